The predicted octanol–water partition coefficient (Wildman–Crippen LogP) is 6.79. The average molecular weight is 556 g/mol. The molecule has 0 bridgehead atoms. The first-order valence-electron chi connectivity index (χ1n) is 14.7. The third-order valence-corrected chi connectivity index (χ3v) is 7.96. The van der Waals surface area contributed by atoms with Crippen LogP contribution in [0.5, 0.6) is 0 Å². The molecule has 0 aliphatic heterocycles. The number of carbonyl (C=O) groups is 2. The molecular formula is C34H45N5O2. The van der Waals surface area contributed by atoms with Crippen molar-refractivity contribution in [2.24, 2.45) is 17.1 Å². The number of hydrogen-bond acceptors (Lipinski definition) is 5. The molecule has 0 radical (unpaired) electrons. The molecule has 1 fully saturated rings. The summed E-state index contributed by atoms with van der Waals surface area (Å²) in [7, 11) is 1.92. The molecule has 41 heavy (non-hydrogen) atoms. The third kappa shape index (κ3) is 8.23. The molecular weight excluding hydrogens is 510 g/mol. The summed E-state index contributed by atoms with van der Waals surface area (Å²) in [5.41, 5.74) is 10.4. The van der Waals surface area contributed by atoms with Gasteiger partial charge in [-0.3, -0.25) is 9.59 Å². The fourth-order valence-electron chi connectivity index (χ4n) is 5.54. The molecule has 7 heteroatoms. The van der Waals surface area contributed by atoms with Gasteiger partial charge in [-0.25, -0.2) is 0 Å². The summed E-state index contributed by atoms with van der Waals surface area (Å²) < 4.78 is 0. The lowest BCUT2D eigenvalue weighted by Gasteiger charge is -2.35. The van der Waals surface area contributed by atoms with E-state index in [1.807, 2.05) is 86.5 Å². The molecule has 0 atom stereocenters. The van der Waals surface area contributed by atoms with Gasteiger partial charge in [-0.2, -0.15) is 0 Å². The molecule has 0 spiro atoms. The van der Waals surface area contributed by atoms with Crippen LogP contribution in [0.4, 0.5) is 5.82 Å². The van der Waals surface area contributed by atoms with Crippen molar-refractivity contribution in [1.82, 2.24) is 15.1 Å². The molecule has 2 amide bonds. The molecule has 3 N–H and O–H groups in total. The van der Waals surface area contributed by atoms with Gasteiger partial charge in [0.2, 0.25) is 11.8 Å². The van der Waals surface area contributed by atoms with Gasteiger partial charge in [-0.15, -0.1) is 10.2 Å². The minimum Gasteiger partial charge on any atom is -0.343 e. The Morgan fingerprint density at radius 2 is 1.54 bits per heavy atom. The van der Waals surface area contributed by atoms with E-state index in [2.05, 4.69) is 36.3 Å². The Bertz CT molecular complexity index is 1330. The van der Waals surface area contributed by atoms with E-state index in [-0.39, 0.29) is 23.3 Å². The fraction of sp³-hybridized carbons (Fsp3) is 0.471. The van der Waals surface area contributed by atoms with Gasteiger partial charge in [-0.05, 0) is 68.1 Å². The van der Waals surface area contributed by atoms with Crippen LogP contribution in [0.3, 0.4) is 0 Å². The van der Waals surface area contributed by atoms with Gasteiger partial charge in [0, 0.05) is 42.6 Å². The van der Waals surface area contributed by atoms with Gasteiger partial charge < -0.3 is 16.0 Å². The lowest BCUT2D eigenvalue weighted by Crippen LogP contribution is -2.41. The van der Waals surface area contributed by atoms with E-state index in [1.54, 1.807) is 0 Å². The zero-order valence-electron chi connectivity index (χ0n) is 25.4. The number of aromatic nitrogens is 2. The Morgan fingerprint density at radius 3 is 2.12 bits per heavy atom. The van der Waals surface area contributed by atoms with Crippen LogP contribution in [0.15, 0.2) is 60.7 Å². The molecule has 1 aromatic heterocycles. The highest BCUT2D eigenvalue weighted by atomic mass is 16.2. The SMILES string of the molecule is CN(C(=O)CC(C)(C)C)[C@H]1CC[C@H](CC(=O)Nc2cc(-c3ccccc3)c(-c3ccc(C(C)(C)N)cc3)nn2)CC1. The summed E-state index contributed by atoms with van der Waals surface area (Å²) >= 11 is 0. The lowest BCUT2D eigenvalue weighted by atomic mass is 9.83. The predicted molar refractivity (Wildman–Crippen MR) is 166 cm³/mol. The van der Waals surface area contributed by atoms with E-state index in [4.69, 9.17) is 5.73 Å². The van der Waals surface area contributed by atoms with Gasteiger partial charge >= 0.3 is 0 Å². The topological polar surface area (TPSA) is 101 Å². The monoisotopic (exact) mass is 555 g/mol. The van der Waals surface area contributed by atoms with E-state index in [0.29, 0.717) is 24.6 Å². The number of nitrogens with two attached hydrogens (primary N) is 1. The number of rotatable bonds is 8. The first kappa shape index (κ1) is 30.4. The molecule has 3 aromatic rings. The van der Waals surface area contributed by atoms with Crippen molar-refractivity contribution in [1.29, 1.82) is 0 Å². The van der Waals surface area contributed by atoms with Gasteiger partial charge in [0.15, 0.2) is 5.82 Å². The van der Waals surface area contributed by atoms with Crippen molar-refractivity contribution in [3.05, 3.63) is 66.2 Å². The van der Waals surface area contributed by atoms with Gasteiger partial charge in [0.1, 0.15) is 5.69 Å². The van der Waals surface area contributed by atoms with Crippen LogP contribution in [0.25, 0.3) is 22.4 Å². The summed E-state index contributed by atoms with van der Waals surface area (Å²) in [5, 5.41) is 11.9. The van der Waals surface area contributed by atoms with E-state index in [9.17, 15) is 9.59 Å². The second-order valence-electron chi connectivity index (χ2n) is 13.3. The highest BCUT2D eigenvalue weighted by Crippen LogP contribution is 2.34. The Kier molecular flexibility index (Phi) is 9.27. The standard InChI is InChI=1S/C34H45N5O2/c1-33(2,3)22-31(41)39(6)27-18-12-23(13-19-27)20-30(40)36-29-21-28(24-10-8-7-9-11-24)32(38-37-29)25-14-16-26(17-15-25)34(4,5)35/h7-11,14-17,21,23,27H,12-13,18-20,22,35H2,1-6H3,(H,36,37,40)/t23-,27-. The average Bonchev–Trinajstić information content (AvgIpc) is 2.92. The fourth-order valence-corrected chi connectivity index (χ4v) is 5.54. The second kappa shape index (κ2) is 12.5. The van der Waals surface area contributed by atoms with Crippen LogP contribution < -0.4 is 11.1 Å². The Hall–Kier alpha value is -3.58. The highest BCUT2D eigenvalue weighted by molar-refractivity contribution is 5.91. The molecule has 1 aliphatic carbocycles. The summed E-state index contributed by atoms with van der Waals surface area (Å²) in [5.74, 6) is 0.886. The highest BCUT2D eigenvalue weighted by Gasteiger charge is 2.29. The summed E-state index contributed by atoms with van der Waals surface area (Å²) in [6, 6.07) is 20.3. The van der Waals surface area contributed by atoms with Gasteiger partial charge in [0.05, 0.1) is 0 Å². The van der Waals surface area contributed by atoms with Crippen molar-refractivity contribution >= 4 is 17.6 Å². The van der Waals surface area contributed by atoms with E-state index >= 15 is 0 Å². The van der Waals surface area contributed by atoms with Crippen molar-refractivity contribution in [2.75, 3.05) is 12.4 Å². The largest absolute Gasteiger partial charge is 0.343 e. The maximum absolute atomic E-state index is 13.0. The third-order valence-electron chi connectivity index (χ3n) is 7.96. The summed E-state index contributed by atoms with van der Waals surface area (Å²) in [4.78, 5) is 27.6. The maximum Gasteiger partial charge on any atom is 0.225 e. The van der Waals surface area contributed by atoms with Crippen molar-refractivity contribution < 1.29 is 9.59 Å². The van der Waals surface area contributed by atoms with Crippen molar-refractivity contribution in [3.63, 3.8) is 0 Å². The first-order valence-corrected chi connectivity index (χ1v) is 14.7. The summed E-state index contributed by atoms with van der Waals surface area (Å²) in [6.45, 7) is 10.2. The zero-order valence-corrected chi connectivity index (χ0v) is 25.4. The van der Waals surface area contributed by atoms with Crippen LogP contribution in [-0.2, 0) is 15.1 Å². The molecule has 1 saturated carbocycles. The number of benzene rings is 2. The minimum atomic E-state index is -0.431. The first-order chi connectivity index (χ1) is 19.3. The molecule has 2 aromatic carbocycles. The second-order valence-corrected chi connectivity index (χ2v) is 13.3. The number of carbonyl (C=O) groups excluding carboxylic acids is 2. The van der Waals surface area contributed by atoms with E-state index < -0.39 is 5.54 Å². The minimum absolute atomic E-state index is 0.0194. The molecule has 0 unspecified atom stereocenters. The number of anilines is 1. The van der Waals surface area contributed by atoms with Crippen LogP contribution in [0, 0.1) is 11.3 Å². The Balaban J connectivity index is 1.42. The molecule has 7 nitrogen and oxygen atoms in total. The number of nitrogens with zero attached hydrogens (tertiary/aromatic N) is 3. The molecule has 0 saturated heterocycles. The summed E-state index contributed by atoms with van der Waals surface area (Å²) in [6.07, 6.45) is 4.70. The Labute approximate surface area is 244 Å². The zero-order chi connectivity index (χ0) is 29.8. The molecule has 4 rings (SSSR count). The van der Waals surface area contributed by atoms with Crippen molar-refractivity contribution in [3.8, 4) is 22.4 Å². The molecule has 1 aliphatic rings. The van der Waals surface area contributed by atoms with Gasteiger partial charge in [0.25, 0.3) is 0 Å². The van der Waals surface area contributed by atoms with Crippen LogP contribution in [0.1, 0.15) is 78.7 Å². The smallest absolute Gasteiger partial charge is 0.225 e. The van der Waals surface area contributed by atoms with Crippen LogP contribution in [0.2, 0.25) is 0 Å². The normalized spacial score (nSPS) is 17.6. The number of amides is 2. The molecule has 1 heterocycles. The maximum atomic E-state index is 13.0. The Morgan fingerprint density at radius 1 is 0.902 bits per heavy atom. The lowest BCUT2D eigenvalue weighted by molar-refractivity contribution is -0.134. The van der Waals surface area contributed by atoms with Crippen LogP contribution in [-0.4, -0.2) is 40.0 Å². The molecule has 218 valence electrons. The van der Waals surface area contributed by atoms with E-state index in [0.717, 1.165) is 53.6 Å². The van der Waals surface area contributed by atoms with Gasteiger partial charge in [-0.1, -0.05) is 75.4 Å². The number of nitrogens with one attached hydrogen (secondary N) is 1. The van der Waals surface area contributed by atoms with Crippen LogP contribution >= 0.6 is 0 Å². The van der Waals surface area contributed by atoms with E-state index in [1.165, 1.54) is 0 Å². The quantitative estimate of drug-likeness (QED) is 0.319. The number of hydrogen-bond donors (Lipinski definition) is 2. The van der Waals surface area contributed by atoms with Crippen molar-refractivity contribution in [2.45, 2.75) is 84.7 Å².